The maximum Gasteiger partial charge on any atom is 0.0991 e. The summed E-state index contributed by atoms with van der Waals surface area (Å²) < 4.78 is 0. The lowest BCUT2D eigenvalue weighted by Crippen LogP contribution is -2.12. The second kappa shape index (κ2) is 10.6. The Bertz CT molecular complexity index is 1760. The summed E-state index contributed by atoms with van der Waals surface area (Å²) >= 11 is 0. The third-order valence-electron chi connectivity index (χ3n) is 7.10. The highest BCUT2D eigenvalue weighted by atomic mass is 15.1. The Morgan fingerprint density at radius 3 is 1.85 bits per heavy atom. The van der Waals surface area contributed by atoms with E-state index in [1.54, 1.807) is 0 Å². The molecule has 0 aliphatic rings. The van der Waals surface area contributed by atoms with Gasteiger partial charge in [0, 0.05) is 35.2 Å². The van der Waals surface area contributed by atoms with E-state index in [0.29, 0.717) is 5.56 Å². The minimum atomic E-state index is 0.658. The molecular weight excluding hydrogens is 474 g/mol. The van der Waals surface area contributed by atoms with Crippen molar-refractivity contribution in [2.45, 2.75) is 0 Å². The van der Waals surface area contributed by atoms with Crippen molar-refractivity contribution in [2.75, 3.05) is 16.8 Å². The van der Waals surface area contributed by atoms with Crippen molar-refractivity contribution < 1.29 is 0 Å². The lowest BCUT2D eigenvalue weighted by Gasteiger charge is -2.28. The van der Waals surface area contributed by atoms with Crippen LogP contribution in [0, 0.1) is 11.3 Å². The number of nitrogens with zero attached hydrogens (tertiary/aromatic N) is 3. The molecule has 3 nitrogen and oxygen atoms in total. The summed E-state index contributed by atoms with van der Waals surface area (Å²) in [4.78, 5) is 4.46. The fraction of sp³-hybridized carbons (Fsp3) is 0.0278. The van der Waals surface area contributed by atoms with Gasteiger partial charge in [-0.1, -0.05) is 78.9 Å². The number of fused-ring (bicyclic) bond motifs is 1. The van der Waals surface area contributed by atoms with Gasteiger partial charge in [0.2, 0.25) is 0 Å². The molecule has 6 rings (SSSR count). The van der Waals surface area contributed by atoms with Gasteiger partial charge in [0.25, 0.3) is 0 Å². The topological polar surface area (TPSA) is 30.3 Å². The van der Waals surface area contributed by atoms with Gasteiger partial charge in [-0.15, -0.1) is 0 Å². The van der Waals surface area contributed by atoms with E-state index < -0.39 is 0 Å². The lowest BCUT2D eigenvalue weighted by molar-refractivity contribution is 1.20. The van der Waals surface area contributed by atoms with Crippen LogP contribution in [0.15, 0.2) is 146 Å². The molecule has 0 aromatic heterocycles. The van der Waals surface area contributed by atoms with Crippen molar-refractivity contribution in [2.24, 2.45) is 0 Å². The standard InChI is InChI=1S/C36H27N3/c1-38(31-19-17-27(26-37)18-20-31)32-21-23-33(24-22-32)39(36-16-8-12-29-11-5-6-15-35(29)36)34-14-7-13-30(25-34)28-9-3-2-4-10-28/h2-25H,1H3. The molecular formula is C36H27N3. The highest BCUT2D eigenvalue weighted by molar-refractivity contribution is 5.99. The van der Waals surface area contributed by atoms with Gasteiger partial charge in [-0.05, 0) is 83.2 Å². The molecule has 6 aromatic carbocycles. The molecule has 0 aliphatic heterocycles. The van der Waals surface area contributed by atoms with E-state index >= 15 is 0 Å². The van der Waals surface area contributed by atoms with Gasteiger partial charge in [0.1, 0.15) is 0 Å². The van der Waals surface area contributed by atoms with E-state index in [-0.39, 0.29) is 0 Å². The van der Waals surface area contributed by atoms with Gasteiger partial charge >= 0.3 is 0 Å². The monoisotopic (exact) mass is 501 g/mol. The first-order chi connectivity index (χ1) is 19.2. The van der Waals surface area contributed by atoms with Crippen LogP contribution < -0.4 is 9.80 Å². The predicted molar refractivity (Wildman–Crippen MR) is 163 cm³/mol. The largest absolute Gasteiger partial charge is 0.345 e. The maximum absolute atomic E-state index is 9.13. The van der Waals surface area contributed by atoms with Gasteiger partial charge < -0.3 is 9.80 Å². The molecule has 0 spiro atoms. The van der Waals surface area contributed by atoms with Crippen molar-refractivity contribution in [1.29, 1.82) is 5.26 Å². The SMILES string of the molecule is CN(c1ccc(C#N)cc1)c1ccc(N(c2cccc(-c3ccccc3)c2)c2cccc3ccccc23)cc1. The molecule has 0 bridgehead atoms. The minimum absolute atomic E-state index is 0.658. The lowest BCUT2D eigenvalue weighted by atomic mass is 10.0. The van der Waals surface area contributed by atoms with Gasteiger partial charge in [-0.3, -0.25) is 0 Å². The van der Waals surface area contributed by atoms with Gasteiger partial charge in [0.15, 0.2) is 0 Å². The van der Waals surface area contributed by atoms with Crippen molar-refractivity contribution >= 4 is 39.2 Å². The smallest absolute Gasteiger partial charge is 0.0991 e. The van der Waals surface area contributed by atoms with Crippen molar-refractivity contribution in [3.63, 3.8) is 0 Å². The highest BCUT2D eigenvalue weighted by Crippen LogP contribution is 2.40. The second-order valence-corrected chi connectivity index (χ2v) is 9.48. The molecule has 0 atom stereocenters. The summed E-state index contributed by atoms with van der Waals surface area (Å²) in [6.07, 6.45) is 0. The predicted octanol–water partition coefficient (Wildman–Crippen LogP) is 9.62. The van der Waals surface area contributed by atoms with Crippen molar-refractivity contribution in [3.05, 3.63) is 151 Å². The summed E-state index contributed by atoms with van der Waals surface area (Å²) in [6.45, 7) is 0. The number of rotatable bonds is 6. The summed E-state index contributed by atoms with van der Waals surface area (Å²) in [5.74, 6) is 0. The molecule has 0 amide bonds. The van der Waals surface area contributed by atoms with Crippen LogP contribution in [-0.4, -0.2) is 7.05 Å². The summed E-state index contributed by atoms with van der Waals surface area (Å²) in [7, 11) is 2.04. The molecule has 0 N–H and O–H groups in total. The van der Waals surface area contributed by atoms with Crippen LogP contribution in [0.5, 0.6) is 0 Å². The van der Waals surface area contributed by atoms with E-state index in [0.717, 1.165) is 28.4 Å². The van der Waals surface area contributed by atoms with E-state index in [9.17, 15) is 0 Å². The van der Waals surface area contributed by atoms with Crippen LogP contribution in [-0.2, 0) is 0 Å². The minimum Gasteiger partial charge on any atom is -0.345 e. The molecule has 0 fully saturated rings. The van der Waals surface area contributed by atoms with E-state index in [1.807, 2.05) is 37.4 Å². The average molecular weight is 502 g/mol. The Hall–Kier alpha value is -5.33. The molecule has 6 aromatic rings. The third-order valence-corrected chi connectivity index (χ3v) is 7.10. The third kappa shape index (κ3) is 4.84. The molecule has 0 aliphatic carbocycles. The van der Waals surface area contributed by atoms with Gasteiger partial charge in [0.05, 0.1) is 17.3 Å². The van der Waals surface area contributed by atoms with E-state index in [1.165, 1.54) is 21.9 Å². The number of hydrogen-bond acceptors (Lipinski definition) is 3. The Kier molecular flexibility index (Phi) is 6.52. The van der Waals surface area contributed by atoms with Crippen LogP contribution >= 0.6 is 0 Å². The first-order valence-electron chi connectivity index (χ1n) is 13.0. The molecule has 0 radical (unpaired) electrons. The van der Waals surface area contributed by atoms with E-state index in [2.05, 4.69) is 131 Å². The van der Waals surface area contributed by atoms with Crippen molar-refractivity contribution in [1.82, 2.24) is 0 Å². The maximum atomic E-state index is 9.13. The fourth-order valence-corrected chi connectivity index (χ4v) is 5.02. The summed E-state index contributed by atoms with van der Waals surface area (Å²) in [5, 5.41) is 11.5. The van der Waals surface area contributed by atoms with Gasteiger partial charge in [-0.2, -0.15) is 5.26 Å². The first kappa shape index (κ1) is 24.0. The molecule has 3 heteroatoms. The Morgan fingerprint density at radius 1 is 0.513 bits per heavy atom. The Balaban J connectivity index is 1.44. The molecule has 0 saturated heterocycles. The molecule has 0 saturated carbocycles. The number of hydrogen-bond donors (Lipinski definition) is 0. The van der Waals surface area contributed by atoms with Crippen LogP contribution in [0.25, 0.3) is 21.9 Å². The van der Waals surface area contributed by atoms with Gasteiger partial charge in [-0.25, -0.2) is 0 Å². The average Bonchev–Trinajstić information content (AvgIpc) is 3.02. The first-order valence-corrected chi connectivity index (χ1v) is 13.0. The van der Waals surface area contributed by atoms with Crippen LogP contribution in [0.4, 0.5) is 28.4 Å². The number of anilines is 5. The summed E-state index contributed by atoms with van der Waals surface area (Å²) in [6, 6.07) is 52.7. The molecule has 0 heterocycles. The molecule has 0 unspecified atom stereocenters. The zero-order valence-electron chi connectivity index (χ0n) is 21.7. The number of benzene rings is 6. The van der Waals surface area contributed by atoms with E-state index in [4.69, 9.17) is 5.26 Å². The molecule has 186 valence electrons. The van der Waals surface area contributed by atoms with Crippen molar-refractivity contribution in [3.8, 4) is 17.2 Å². The quantitative estimate of drug-likeness (QED) is 0.228. The second-order valence-electron chi connectivity index (χ2n) is 9.48. The fourth-order valence-electron chi connectivity index (χ4n) is 5.02. The highest BCUT2D eigenvalue weighted by Gasteiger charge is 2.16. The Morgan fingerprint density at radius 2 is 1.10 bits per heavy atom. The van der Waals surface area contributed by atoms with Crippen LogP contribution in [0.3, 0.4) is 0 Å². The normalized spacial score (nSPS) is 10.7. The summed E-state index contributed by atoms with van der Waals surface area (Å²) in [5.41, 5.74) is 8.43. The van der Waals surface area contributed by atoms with Crippen LogP contribution in [0.2, 0.25) is 0 Å². The molecule has 39 heavy (non-hydrogen) atoms. The zero-order valence-corrected chi connectivity index (χ0v) is 21.7. The van der Waals surface area contributed by atoms with Crippen LogP contribution in [0.1, 0.15) is 5.56 Å². The number of nitriles is 1. The zero-order chi connectivity index (χ0) is 26.6. The Labute approximate surface area is 229 Å².